The molecule has 0 spiro atoms. The molecule has 1 amide bonds. The number of benzene rings is 1. The largest absolute Gasteiger partial charge is 0.497 e. The number of fused-ring (bicyclic) bond motifs is 2. The van der Waals surface area contributed by atoms with E-state index in [1.54, 1.807) is 26.4 Å². The maximum Gasteiger partial charge on any atom is 0.224 e. The third-order valence-corrected chi connectivity index (χ3v) is 4.73. The van der Waals surface area contributed by atoms with Gasteiger partial charge in [0, 0.05) is 24.6 Å². The first-order valence-corrected chi connectivity index (χ1v) is 7.96. The molecule has 1 aromatic rings. The van der Waals surface area contributed by atoms with Gasteiger partial charge in [-0.25, -0.2) is 0 Å². The van der Waals surface area contributed by atoms with Crippen LogP contribution in [0.15, 0.2) is 18.2 Å². The van der Waals surface area contributed by atoms with Gasteiger partial charge in [0.05, 0.1) is 19.9 Å². The van der Waals surface area contributed by atoms with Crippen LogP contribution in [-0.4, -0.2) is 32.2 Å². The van der Waals surface area contributed by atoms with Gasteiger partial charge in [-0.3, -0.25) is 4.79 Å². The Balaban J connectivity index is 1.61. The van der Waals surface area contributed by atoms with E-state index in [1.807, 2.05) is 6.07 Å². The lowest BCUT2D eigenvalue weighted by Crippen LogP contribution is -2.39. The summed E-state index contributed by atoms with van der Waals surface area (Å²) in [5.41, 5.74) is 0.670. The molecular weight excluding hydrogens is 280 g/mol. The lowest BCUT2D eigenvalue weighted by atomic mass is 9.89. The predicted molar refractivity (Wildman–Crippen MR) is 85.5 cm³/mol. The van der Waals surface area contributed by atoms with Crippen molar-refractivity contribution in [1.82, 2.24) is 5.32 Å². The molecule has 0 aliphatic carbocycles. The average molecular weight is 304 g/mol. The van der Waals surface area contributed by atoms with Gasteiger partial charge in [0.2, 0.25) is 5.91 Å². The van der Waals surface area contributed by atoms with Gasteiger partial charge in [-0.15, -0.1) is 0 Å². The summed E-state index contributed by atoms with van der Waals surface area (Å²) in [4.78, 5) is 12.4. The van der Waals surface area contributed by atoms with Crippen LogP contribution in [0.1, 0.15) is 32.1 Å². The van der Waals surface area contributed by atoms with Crippen molar-refractivity contribution >= 4 is 11.6 Å². The first-order valence-electron chi connectivity index (χ1n) is 7.96. The maximum atomic E-state index is 12.4. The second-order valence-electron chi connectivity index (χ2n) is 6.29. The third kappa shape index (κ3) is 3.35. The highest BCUT2D eigenvalue weighted by Gasteiger charge is 2.34. The molecule has 2 bridgehead atoms. The molecule has 0 saturated carbocycles. The van der Waals surface area contributed by atoms with Gasteiger partial charge < -0.3 is 20.1 Å². The number of rotatable bonds is 5. The maximum absolute atomic E-state index is 12.4. The Morgan fingerprint density at radius 3 is 2.59 bits per heavy atom. The van der Waals surface area contributed by atoms with E-state index >= 15 is 0 Å². The van der Waals surface area contributed by atoms with Crippen molar-refractivity contribution in [3.8, 4) is 11.5 Å². The Morgan fingerprint density at radius 1 is 1.23 bits per heavy atom. The highest BCUT2D eigenvalue weighted by molar-refractivity contribution is 5.92. The van der Waals surface area contributed by atoms with Gasteiger partial charge in [-0.1, -0.05) is 0 Å². The third-order valence-electron chi connectivity index (χ3n) is 4.73. The van der Waals surface area contributed by atoms with Crippen LogP contribution in [-0.2, 0) is 4.79 Å². The van der Waals surface area contributed by atoms with E-state index in [9.17, 15) is 4.79 Å². The van der Waals surface area contributed by atoms with Crippen molar-refractivity contribution < 1.29 is 14.3 Å². The normalized spacial score (nSPS) is 26.5. The van der Waals surface area contributed by atoms with E-state index in [2.05, 4.69) is 10.6 Å². The number of ether oxygens (including phenoxy) is 2. The minimum atomic E-state index is 0.0536. The summed E-state index contributed by atoms with van der Waals surface area (Å²) in [6.45, 7) is 0. The standard InChI is InChI=1S/C17H24N2O3/c1-21-14-5-6-16(22-2)15(10-14)19-17(20)9-11-7-12-3-4-13(8-11)18-12/h5-6,10-13,18H,3-4,7-9H2,1-2H3,(H,19,20). The second kappa shape index (κ2) is 6.57. The van der Waals surface area contributed by atoms with Gasteiger partial charge in [-0.05, 0) is 43.7 Å². The smallest absolute Gasteiger partial charge is 0.224 e. The van der Waals surface area contributed by atoms with Crippen molar-refractivity contribution in [2.24, 2.45) is 5.92 Å². The van der Waals surface area contributed by atoms with Crippen LogP contribution in [0, 0.1) is 5.92 Å². The summed E-state index contributed by atoms with van der Waals surface area (Å²) in [5, 5.41) is 6.58. The Morgan fingerprint density at radius 2 is 1.95 bits per heavy atom. The van der Waals surface area contributed by atoms with Crippen LogP contribution in [0.2, 0.25) is 0 Å². The molecule has 3 rings (SSSR count). The van der Waals surface area contributed by atoms with Crippen molar-refractivity contribution in [2.75, 3.05) is 19.5 Å². The quantitative estimate of drug-likeness (QED) is 0.878. The molecule has 0 radical (unpaired) electrons. The van der Waals surface area contributed by atoms with Gasteiger partial charge in [0.15, 0.2) is 0 Å². The minimum absolute atomic E-state index is 0.0536. The number of piperidine rings is 1. The Kier molecular flexibility index (Phi) is 4.52. The summed E-state index contributed by atoms with van der Waals surface area (Å²) < 4.78 is 10.5. The summed E-state index contributed by atoms with van der Waals surface area (Å²) in [6, 6.07) is 6.65. The molecule has 22 heavy (non-hydrogen) atoms. The van der Waals surface area contributed by atoms with Gasteiger partial charge in [0.25, 0.3) is 0 Å². The van der Waals surface area contributed by atoms with Crippen molar-refractivity contribution in [2.45, 2.75) is 44.2 Å². The molecule has 1 aromatic carbocycles. The monoisotopic (exact) mass is 304 g/mol. The highest BCUT2D eigenvalue weighted by atomic mass is 16.5. The van der Waals surface area contributed by atoms with Crippen LogP contribution in [0.3, 0.4) is 0 Å². The number of carbonyl (C=O) groups excluding carboxylic acids is 1. The van der Waals surface area contributed by atoms with E-state index in [4.69, 9.17) is 9.47 Å². The summed E-state index contributed by atoms with van der Waals surface area (Å²) in [7, 11) is 3.21. The lowest BCUT2D eigenvalue weighted by Gasteiger charge is -2.28. The van der Waals surface area contributed by atoms with E-state index in [0.29, 0.717) is 41.6 Å². The summed E-state index contributed by atoms with van der Waals surface area (Å²) in [6.07, 6.45) is 5.31. The Hall–Kier alpha value is -1.75. The van der Waals surface area contributed by atoms with Gasteiger partial charge in [0.1, 0.15) is 11.5 Å². The fraction of sp³-hybridized carbons (Fsp3) is 0.588. The second-order valence-corrected chi connectivity index (χ2v) is 6.29. The number of amides is 1. The highest BCUT2D eigenvalue weighted by Crippen LogP contribution is 2.34. The molecule has 2 aliphatic heterocycles. The molecule has 0 aromatic heterocycles. The Labute approximate surface area is 131 Å². The van der Waals surface area contributed by atoms with Crippen molar-refractivity contribution in [3.63, 3.8) is 0 Å². The number of hydrogen-bond acceptors (Lipinski definition) is 4. The molecule has 2 atom stereocenters. The zero-order valence-electron chi connectivity index (χ0n) is 13.2. The van der Waals surface area contributed by atoms with E-state index in [0.717, 1.165) is 12.8 Å². The predicted octanol–water partition coefficient (Wildman–Crippen LogP) is 2.56. The van der Waals surface area contributed by atoms with E-state index in [1.165, 1.54) is 12.8 Å². The first kappa shape index (κ1) is 15.2. The Bertz CT molecular complexity index is 535. The minimum Gasteiger partial charge on any atom is -0.497 e. The van der Waals surface area contributed by atoms with Crippen LogP contribution in [0.5, 0.6) is 11.5 Å². The number of anilines is 1. The molecule has 5 heteroatoms. The zero-order chi connectivity index (χ0) is 15.5. The molecule has 2 heterocycles. The average Bonchev–Trinajstić information content (AvgIpc) is 2.85. The number of methoxy groups -OCH3 is 2. The number of nitrogens with one attached hydrogen (secondary N) is 2. The number of hydrogen-bond donors (Lipinski definition) is 2. The zero-order valence-corrected chi connectivity index (χ0v) is 13.2. The molecule has 5 nitrogen and oxygen atoms in total. The van der Waals surface area contributed by atoms with Crippen LogP contribution in [0.25, 0.3) is 0 Å². The van der Waals surface area contributed by atoms with Crippen LogP contribution < -0.4 is 20.1 Å². The topological polar surface area (TPSA) is 59.6 Å². The van der Waals surface area contributed by atoms with E-state index in [-0.39, 0.29) is 5.91 Å². The SMILES string of the molecule is COc1ccc(OC)c(NC(=O)CC2CC3CCC(C2)N3)c1. The fourth-order valence-corrected chi connectivity index (χ4v) is 3.72. The van der Waals surface area contributed by atoms with Crippen molar-refractivity contribution in [1.29, 1.82) is 0 Å². The van der Waals surface area contributed by atoms with Crippen LogP contribution >= 0.6 is 0 Å². The van der Waals surface area contributed by atoms with E-state index < -0.39 is 0 Å². The molecule has 2 unspecified atom stereocenters. The molecular formula is C17H24N2O3. The van der Waals surface area contributed by atoms with Crippen molar-refractivity contribution in [3.05, 3.63) is 18.2 Å². The number of carbonyl (C=O) groups is 1. The lowest BCUT2D eigenvalue weighted by molar-refractivity contribution is -0.117. The molecule has 2 saturated heterocycles. The molecule has 120 valence electrons. The van der Waals surface area contributed by atoms with Gasteiger partial charge in [-0.2, -0.15) is 0 Å². The molecule has 2 fully saturated rings. The summed E-state index contributed by atoms with van der Waals surface area (Å²) in [5.74, 6) is 1.89. The van der Waals surface area contributed by atoms with Gasteiger partial charge >= 0.3 is 0 Å². The fourth-order valence-electron chi connectivity index (χ4n) is 3.72. The summed E-state index contributed by atoms with van der Waals surface area (Å²) >= 11 is 0. The first-order chi connectivity index (χ1) is 10.7. The van der Waals surface area contributed by atoms with Crippen LogP contribution in [0.4, 0.5) is 5.69 Å². The molecule has 2 N–H and O–H groups in total. The molecule has 2 aliphatic rings.